The van der Waals surface area contributed by atoms with E-state index in [1.807, 2.05) is 18.2 Å². The molecule has 4 aliphatic rings. The van der Waals surface area contributed by atoms with Gasteiger partial charge in [0.1, 0.15) is 6.04 Å². The molecule has 3 amide bonds. The van der Waals surface area contributed by atoms with Crippen LogP contribution in [0.1, 0.15) is 53.6 Å². The molecule has 1 aromatic carbocycles. The van der Waals surface area contributed by atoms with E-state index in [0.717, 1.165) is 30.6 Å². The minimum absolute atomic E-state index is 0.124. The van der Waals surface area contributed by atoms with Crippen LogP contribution in [0.25, 0.3) is 0 Å². The summed E-state index contributed by atoms with van der Waals surface area (Å²) in [7, 11) is 0. The highest BCUT2D eigenvalue weighted by Gasteiger charge is 2.40. The number of benzene rings is 1. The van der Waals surface area contributed by atoms with E-state index in [1.165, 1.54) is 12.8 Å². The van der Waals surface area contributed by atoms with Crippen molar-refractivity contribution in [1.82, 2.24) is 20.9 Å². The predicted octanol–water partition coefficient (Wildman–Crippen LogP) is 0.447. The Kier molecular flexibility index (Phi) is 5.30. The van der Waals surface area contributed by atoms with Crippen LogP contribution in [-0.4, -0.2) is 60.0 Å². The van der Waals surface area contributed by atoms with Crippen molar-refractivity contribution >= 4 is 17.7 Å². The first kappa shape index (κ1) is 19.7. The first-order valence-corrected chi connectivity index (χ1v) is 10.9. The lowest BCUT2D eigenvalue weighted by atomic mass is 10.0. The average Bonchev–Trinajstić information content (AvgIpc) is 3.33. The second kappa shape index (κ2) is 8.09. The van der Waals surface area contributed by atoms with Crippen LogP contribution < -0.4 is 16.0 Å². The molecule has 5 rings (SSSR count). The van der Waals surface area contributed by atoms with E-state index in [9.17, 15) is 14.4 Å². The Morgan fingerprint density at radius 3 is 2.93 bits per heavy atom. The van der Waals surface area contributed by atoms with Crippen LogP contribution in [0.2, 0.25) is 0 Å². The van der Waals surface area contributed by atoms with Crippen LogP contribution in [0, 0.1) is 0 Å². The van der Waals surface area contributed by atoms with Gasteiger partial charge in [-0.05, 0) is 36.8 Å². The maximum Gasteiger partial charge on any atom is 0.255 e. The van der Waals surface area contributed by atoms with Crippen molar-refractivity contribution in [1.29, 1.82) is 0 Å². The number of carbonyl (C=O) groups excluding carboxylic acids is 3. The number of rotatable bonds is 5. The third-order valence-electron chi connectivity index (χ3n) is 6.75. The number of morpholine rings is 1. The first-order valence-electron chi connectivity index (χ1n) is 10.9. The van der Waals surface area contributed by atoms with E-state index in [1.54, 1.807) is 4.90 Å². The molecule has 160 valence electrons. The zero-order chi connectivity index (χ0) is 20.7. The second-order valence-corrected chi connectivity index (χ2v) is 8.72. The topological polar surface area (TPSA) is 99.8 Å². The third kappa shape index (κ3) is 3.64. The SMILES string of the molecule is O=C1CCC(N2Cc3cccc(CNC[C@@H]4CN[C@H]5CCC[C@@H]5O4)c3C2=O)C(=O)N1. The van der Waals surface area contributed by atoms with Gasteiger partial charge < -0.3 is 20.3 Å². The molecule has 3 aliphatic heterocycles. The van der Waals surface area contributed by atoms with Crippen LogP contribution >= 0.6 is 0 Å². The van der Waals surface area contributed by atoms with Gasteiger partial charge in [-0.1, -0.05) is 18.2 Å². The van der Waals surface area contributed by atoms with Gasteiger partial charge >= 0.3 is 0 Å². The number of nitrogens with zero attached hydrogens (tertiary/aromatic N) is 1. The van der Waals surface area contributed by atoms with Gasteiger partial charge in [-0.3, -0.25) is 19.7 Å². The molecule has 0 spiro atoms. The highest BCUT2D eigenvalue weighted by molar-refractivity contribution is 6.05. The molecule has 1 aliphatic carbocycles. The summed E-state index contributed by atoms with van der Waals surface area (Å²) in [5.41, 5.74) is 2.57. The van der Waals surface area contributed by atoms with Crippen LogP contribution in [0.4, 0.5) is 0 Å². The molecule has 30 heavy (non-hydrogen) atoms. The van der Waals surface area contributed by atoms with Crippen molar-refractivity contribution in [2.75, 3.05) is 13.1 Å². The molecular weight excluding hydrogens is 384 g/mol. The van der Waals surface area contributed by atoms with Crippen molar-refractivity contribution < 1.29 is 19.1 Å². The van der Waals surface area contributed by atoms with Gasteiger partial charge in [0.2, 0.25) is 11.8 Å². The summed E-state index contributed by atoms with van der Waals surface area (Å²) in [6.45, 7) is 2.56. The fraction of sp³-hybridized carbons (Fsp3) is 0.591. The molecule has 3 heterocycles. The Morgan fingerprint density at radius 1 is 1.17 bits per heavy atom. The fourth-order valence-electron chi connectivity index (χ4n) is 5.23. The Bertz CT molecular complexity index is 873. The lowest BCUT2D eigenvalue weighted by Crippen LogP contribution is -2.52. The lowest BCUT2D eigenvalue weighted by molar-refractivity contribution is -0.136. The summed E-state index contributed by atoms with van der Waals surface area (Å²) >= 11 is 0. The Morgan fingerprint density at radius 2 is 2.07 bits per heavy atom. The summed E-state index contributed by atoms with van der Waals surface area (Å²) in [6.07, 6.45) is 4.67. The summed E-state index contributed by atoms with van der Waals surface area (Å²) in [4.78, 5) is 38.4. The third-order valence-corrected chi connectivity index (χ3v) is 6.75. The standard InChI is InChI=1S/C22H28N4O4/c27-19-8-7-17(21(28)25-19)26-12-14-4-1-3-13(20(14)22(26)29)9-23-10-15-11-24-16-5-2-6-18(16)30-15/h1,3-4,15-18,23-24H,2,5-12H2,(H,25,27,28)/t15-,16+,17?,18+/m1/s1. The highest BCUT2D eigenvalue weighted by atomic mass is 16.5. The van der Waals surface area contributed by atoms with Gasteiger partial charge in [0.05, 0.1) is 12.2 Å². The van der Waals surface area contributed by atoms with Crippen molar-refractivity contribution in [2.24, 2.45) is 0 Å². The number of amides is 3. The number of ether oxygens (including phenoxy) is 1. The molecule has 0 aromatic heterocycles. The van der Waals surface area contributed by atoms with Gasteiger partial charge in [0.25, 0.3) is 5.91 Å². The maximum atomic E-state index is 13.1. The quantitative estimate of drug-likeness (QED) is 0.607. The zero-order valence-electron chi connectivity index (χ0n) is 17.0. The Balaban J connectivity index is 1.22. The molecule has 3 fully saturated rings. The molecule has 8 heteroatoms. The Labute approximate surface area is 175 Å². The van der Waals surface area contributed by atoms with E-state index in [4.69, 9.17) is 4.74 Å². The van der Waals surface area contributed by atoms with Gasteiger partial charge in [-0.25, -0.2) is 0 Å². The van der Waals surface area contributed by atoms with Crippen molar-refractivity contribution in [3.8, 4) is 0 Å². The molecule has 0 bridgehead atoms. The smallest absolute Gasteiger partial charge is 0.255 e. The highest BCUT2D eigenvalue weighted by Crippen LogP contribution is 2.30. The van der Waals surface area contributed by atoms with Crippen LogP contribution in [0.3, 0.4) is 0 Å². The molecule has 1 aromatic rings. The second-order valence-electron chi connectivity index (χ2n) is 8.72. The van der Waals surface area contributed by atoms with E-state index >= 15 is 0 Å². The minimum Gasteiger partial charge on any atom is -0.371 e. The zero-order valence-corrected chi connectivity index (χ0v) is 17.0. The monoisotopic (exact) mass is 412 g/mol. The molecule has 8 nitrogen and oxygen atoms in total. The molecule has 2 saturated heterocycles. The number of hydrogen-bond donors (Lipinski definition) is 3. The number of hydrogen-bond acceptors (Lipinski definition) is 6. The molecule has 1 unspecified atom stereocenters. The molecule has 0 radical (unpaired) electrons. The maximum absolute atomic E-state index is 13.1. The largest absolute Gasteiger partial charge is 0.371 e. The van der Waals surface area contributed by atoms with E-state index in [-0.39, 0.29) is 30.2 Å². The van der Waals surface area contributed by atoms with Crippen LogP contribution in [0.15, 0.2) is 18.2 Å². The van der Waals surface area contributed by atoms with Gasteiger partial charge in [0.15, 0.2) is 0 Å². The van der Waals surface area contributed by atoms with E-state index in [2.05, 4.69) is 16.0 Å². The van der Waals surface area contributed by atoms with Gasteiger partial charge in [0, 0.05) is 44.2 Å². The van der Waals surface area contributed by atoms with Crippen molar-refractivity contribution in [3.05, 3.63) is 34.9 Å². The van der Waals surface area contributed by atoms with Gasteiger partial charge in [-0.15, -0.1) is 0 Å². The number of fused-ring (bicyclic) bond motifs is 2. The summed E-state index contributed by atoms with van der Waals surface area (Å²) in [5.74, 6) is -0.769. The van der Waals surface area contributed by atoms with Gasteiger partial charge in [-0.2, -0.15) is 0 Å². The summed E-state index contributed by atoms with van der Waals surface area (Å²) in [6, 6.07) is 5.79. The van der Waals surface area contributed by atoms with Crippen LogP contribution in [0.5, 0.6) is 0 Å². The number of nitrogens with one attached hydrogen (secondary N) is 3. The summed E-state index contributed by atoms with van der Waals surface area (Å²) < 4.78 is 6.21. The molecular formula is C22H28N4O4. The minimum atomic E-state index is -0.579. The number of carbonyl (C=O) groups is 3. The van der Waals surface area contributed by atoms with E-state index < -0.39 is 6.04 Å². The Hall–Kier alpha value is -2.29. The number of imide groups is 1. The fourth-order valence-corrected chi connectivity index (χ4v) is 5.23. The molecule has 1 saturated carbocycles. The normalized spacial score (nSPS) is 30.9. The van der Waals surface area contributed by atoms with Crippen molar-refractivity contribution in [2.45, 2.75) is 69.5 Å². The lowest BCUT2D eigenvalue weighted by Gasteiger charge is -2.33. The van der Waals surface area contributed by atoms with E-state index in [0.29, 0.717) is 37.2 Å². The molecule has 4 atom stereocenters. The predicted molar refractivity (Wildman–Crippen MR) is 108 cm³/mol. The van der Waals surface area contributed by atoms with Crippen LogP contribution in [-0.2, 0) is 27.4 Å². The summed E-state index contributed by atoms with van der Waals surface area (Å²) in [5, 5.41) is 9.39. The average molecular weight is 412 g/mol. The van der Waals surface area contributed by atoms with Crippen molar-refractivity contribution in [3.63, 3.8) is 0 Å². The number of piperidine rings is 1. The first-order chi connectivity index (χ1) is 14.6. The molecule has 3 N–H and O–H groups in total.